The molecule has 1 aliphatic rings. The van der Waals surface area contributed by atoms with E-state index >= 15 is 0 Å². The maximum atomic E-state index is 13.5. The monoisotopic (exact) mass is 531 g/mol. The first-order chi connectivity index (χ1) is 18.3. The minimum absolute atomic E-state index is 0.0257. The van der Waals surface area contributed by atoms with E-state index < -0.39 is 11.7 Å². The molecule has 1 fully saturated rings. The van der Waals surface area contributed by atoms with Crippen LogP contribution in [0.5, 0.6) is 11.5 Å². The van der Waals surface area contributed by atoms with Crippen LogP contribution in [0.2, 0.25) is 0 Å². The van der Waals surface area contributed by atoms with Crippen LogP contribution in [-0.4, -0.2) is 24.4 Å². The number of carbonyl (C=O) groups excluding carboxylic acids is 2. The number of thioether (sulfide) groups is 1. The fraction of sp³-hybridized carbons (Fsp3) is 0.138. The molecule has 2 amide bonds. The highest BCUT2D eigenvalue weighted by Gasteiger charge is 2.27. The third kappa shape index (κ3) is 5.19. The van der Waals surface area contributed by atoms with Crippen LogP contribution < -0.4 is 20.2 Å². The Morgan fingerprint density at radius 1 is 0.947 bits per heavy atom. The van der Waals surface area contributed by atoms with Crippen LogP contribution in [0.4, 0.5) is 9.18 Å². The van der Waals surface area contributed by atoms with Gasteiger partial charge in [0.05, 0.1) is 10.3 Å². The Labute approximate surface area is 221 Å². The highest BCUT2D eigenvalue weighted by Crippen LogP contribution is 2.33. The summed E-state index contributed by atoms with van der Waals surface area (Å²) in [6, 6.07) is 18.0. The highest BCUT2D eigenvalue weighted by atomic mass is 32.2. The zero-order valence-corrected chi connectivity index (χ0v) is 21.3. The second kappa shape index (κ2) is 10.5. The average Bonchev–Trinajstić information content (AvgIpc) is 3.26. The van der Waals surface area contributed by atoms with Gasteiger partial charge in [0.25, 0.3) is 11.1 Å². The number of aryl methyl sites for hydroxylation is 1. The number of carbonyl (C=O) groups is 2. The van der Waals surface area contributed by atoms with Crippen molar-refractivity contribution in [3.8, 4) is 22.8 Å². The Hall–Kier alpha value is -4.37. The molecular weight excluding hydrogens is 509 g/mol. The van der Waals surface area contributed by atoms with Crippen molar-refractivity contribution in [1.29, 1.82) is 0 Å². The maximum absolute atomic E-state index is 13.5. The molecule has 0 aliphatic carbocycles. The second-order valence-electron chi connectivity index (χ2n) is 8.62. The van der Waals surface area contributed by atoms with Gasteiger partial charge in [0.15, 0.2) is 5.76 Å². The van der Waals surface area contributed by atoms with Crippen molar-refractivity contribution < 1.29 is 27.9 Å². The van der Waals surface area contributed by atoms with Crippen LogP contribution in [0.3, 0.4) is 0 Å². The van der Waals surface area contributed by atoms with Crippen molar-refractivity contribution in [2.75, 3.05) is 13.2 Å². The lowest BCUT2D eigenvalue weighted by Crippen LogP contribution is -2.18. The standard InChI is InChI=1S/C29H22FNO6S/c1-16-3-12-23-22(15-16)24(32)26(25(37-23)19-4-8-20(30)9-5-19)36-14-13-35-21-10-6-18(7-11-21)17(2)27-28(33)31-29(34)38-27/h3-12,15H,13-14H2,1-2H3,(H,31,33,34)/b27-17-. The predicted molar refractivity (Wildman–Crippen MR) is 144 cm³/mol. The van der Waals surface area contributed by atoms with E-state index in [0.29, 0.717) is 32.8 Å². The van der Waals surface area contributed by atoms with Crippen LogP contribution in [0, 0.1) is 12.7 Å². The first kappa shape index (κ1) is 25.3. The predicted octanol–water partition coefficient (Wildman–Crippen LogP) is 6.08. The van der Waals surface area contributed by atoms with Crippen LogP contribution in [0.25, 0.3) is 27.9 Å². The number of halogens is 1. The number of imide groups is 1. The maximum Gasteiger partial charge on any atom is 0.290 e. The van der Waals surface area contributed by atoms with E-state index in [9.17, 15) is 18.8 Å². The number of benzene rings is 3. The van der Waals surface area contributed by atoms with Crippen LogP contribution in [-0.2, 0) is 4.79 Å². The molecular formula is C29H22FNO6S. The molecule has 4 aromatic rings. The molecule has 0 atom stereocenters. The molecule has 1 aromatic heterocycles. The van der Waals surface area contributed by atoms with E-state index in [1.54, 1.807) is 43.3 Å². The van der Waals surface area contributed by atoms with Crippen molar-refractivity contribution in [2.45, 2.75) is 13.8 Å². The van der Waals surface area contributed by atoms with Crippen molar-refractivity contribution in [2.24, 2.45) is 0 Å². The number of ether oxygens (including phenoxy) is 2. The largest absolute Gasteiger partial charge is 0.490 e. The average molecular weight is 532 g/mol. The summed E-state index contributed by atoms with van der Waals surface area (Å²) < 4.78 is 31.1. The van der Waals surface area contributed by atoms with Gasteiger partial charge in [0.1, 0.15) is 30.4 Å². The van der Waals surface area contributed by atoms with Gasteiger partial charge in [-0.3, -0.25) is 19.7 Å². The van der Waals surface area contributed by atoms with Gasteiger partial charge in [-0.25, -0.2) is 4.39 Å². The van der Waals surface area contributed by atoms with Gasteiger partial charge in [-0.15, -0.1) is 0 Å². The molecule has 2 heterocycles. The molecule has 7 nitrogen and oxygen atoms in total. The van der Waals surface area contributed by atoms with Crippen molar-refractivity contribution in [3.05, 3.63) is 98.8 Å². The molecule has 192 valence electrons. The molecule has 9 heteroatoms. The topological polar surface area (TPSA) is 94.8 Å². The normalized spacial score (nSPS) is 14.5. The summed E-state index contributed by atoms with van der Waals surface area (Å²) in [5, 5.41) is 2.26. The summed E-state index contributed by atoms with van der Waals surface area (Å²) in [7, 11) is 0. The molecule has 1 N–H and O–H groups in total. The number of nitrogens with one attached hydrogen (secondary N) is 1. The summed E-state index contributed by atoms with van der Waals surface area (Å²) in [5.74, 6) is 0.00170. The molecule has 5 rings (SSSR count). The lowest BCUT2D eigenvalue weighted by atomic mass is 10.1. The fourth-order valence-electron chi connectivity index (χ4n) is 4.01. The van der Waals surface area contributed by atoms with Gasteiger partial charge < -0.3 is 13.9 Å². The Morgan fingerprint density at radius 2 is 1.66 bits per heavy atom. The van der Waals surface area contributed by atoms with Gasteiger partial charge in [0, 0.05) is 5.56 Å². The molecule has 0 spiro atoms. The van der Waals surface area contributed by atoms with Crippen LogP contribution >= 0.6 is 11.8 Å². The smallest absolute Gasteiger partial charge is 0.290 e. The van der Waals surface area contributed by atoms with Crippen LogP contribution in [0.15, 0.2) is 80.8 Å². The molecule has 0 radical (unpaired) electrons. The first-order valence-electron chi connectivity index (χ1n) is 11.7. The van der Waals surface area contributed by atoms with Crippen molar-refractivity contribution in [3.63, 3.8) is 0 Å². The number of rotatable bonds is 7. The Kier molecular flexibility index (Phi) is 7.02. The zero-order chi connectivity index (χ0) is 26.8. The number of hydrogen-bond acceptors (Lipinski definition) is 7. The summed E-state index contributed by atoms with van der Waals surface area (Å²) >= 11 is 0.879. The summed E-state index contributed by atoms with van der Waals surface area (Å²) in [4.78, 5) is 37.0. The van der Waals surface area contributed by atoms with E-state index in [1.807, 2.05) is 13.0 Å². The number of hydrogen-bond donors (Lipinski definition) is 1. The van der Waals surface area contributed by atoms with E-state index in [-0.39, 0.29) is 35.4 Å². The van der Waals surface area contributed by atoms with Gasteiger partial charge in [-0.2, -0.15) is 0 Å². The Balaban J connectivity index is 1.32. The summed E-state index contributed by atoms with van der Waals surface area (Å²) in [6.07, 6.45) is 0. The van der Waals surface area contributed by atoms with Gasteiger partial charge in [-0.05, 0) is 85.3 Å². The third-order valence-electron chi connectivity index (χ3n) is 5.95. The second-order valence-corrected chi connectivity index (χ2v) is 9.60. The lowest BCUT2D eigenvalue weighted by molar-refractivity contribution is -0.115. The highest BCUT2D eigenvalue weighted by molar-refractivity contribution is 8.18. The Bertz CT molecular complexity index is 1640. The quantitative estimate of drug-likeness (QED) is 0.228. The van der Waals surface area contributed by atoms with Gasteiger partial charge in [-0.1, -0.05) is 23.8 Å². The molecule has 1 saturated heterocycles. The molecule has 0 bridgehead atoms. The Morgan fingerprint density at radius 3 is 2.34 bits per heavy atom. The lowest BCUT2D eigenvalue weighted by Gasteiger charge is -2.13. The minimum Gasteiger partial charge on any atom is -0.490 e. The first-order valence-corrected chi connectivity index (χ1v) is 12.6. The van der Waals surface area contributed by atoms with Gasteiger partial charge >= 0.3 is 0 Å². The minimum atomic E-state index is -0.403. The molecule has 1 aliphatic heterocycles. The van der Waals surface area contributed by atoms with Gasteiger partial charge in [0.2, 0.25) is 11.2 Å². The fourth-order valence-corrected chi connectivity index (χ4v) is 4.75. The molecule has 38 heavy (non-hydrogen) atoms. The molecule has 3 aromatic carbocycles. The van der Waals surface area contributed by atoms with E-state index in [0.717, 1.165) is 22.9 Å². The number of allylic oxidation sites excluding steroid dienone is 1. The molecule has 0 saturated carbocycles. The van der Waals surface area contributed by atoms with Crippen molar-refractivity contribution in [1.82, 2.24) is 5.32 Å². The van der Waals surface area contributed by atoms with E-state index in [2.05, 4.69) is 5.32 Å². The third-order valence-corrected chi connectivity index (χ3v) is 6.94. The zero-order valence-electron chi connectivity index (χ0n) is 20.5. The van der Waals surface area contributed by atoms with E-state index in [4.69, 9.17) is 13.9 Å². The molecule has 0 unspecified atom stereocenters. The summed E-state index contributed by atoms with van der Waals surface area (Å²) in [5.41, 5.74) is 2.98. The van der Waals surface area contributed by atoms with Crippen LogP contribution in [0.1, 0.15) is 18.1 Å². The summed E-state index contributed by atoms with van der Waals surface area (Å²) in [6.45, 7) is 3.85. The van der Waals surface area contributed by atoms with Crippen molar-refractivity contribution >= 4 is 39.5 Å². The number of fused-ring (bicyclic) bond motifs is 1. The van der Waals surface area contributed by atoms with E-state index in [1.165, 1.54) is 24.3 Å². The number of amides is 2. The SMILES string of the molecule is C/C(=C1/SC(=O)NC1=O)c1ccc(OCCOc2c(-c3ccc(F)cc3)oc3ccc(C)cc3c2=O)cc1.